The maximum absolute atomic E-state index is 12.9. The van der Waals surface area contributed by atoms with Crippen molar-refractivity contribution < 1.29 is 14.3 Å². The highest BCUT2D eigenvalue weighted by Gasteiger charge is 2.22. The molecule has 4 rings (SSSR count). The van der Waals surface area contributed by atoms with Crippen LogP contribution in [-0.4, -0.2) is 54.3 Å². The normalized spacial score (nSPS) is 17.2. The van der Waals surface area contributed by atoms with E-state index >= 15 is 0 Å². The number of nitrogens with zero attached hydrogens (tertiary/aromatic N) is 2. The number of rotatable bonds is 13. The van der Waals surface area contributed by atoms with Gasteiger partial charge in [0.15, 0.2) is 0 Å². The zero-order chi connectivity index (χ0) is 27.3. The fourth-order valence-corrected chi connectivity index (χ4v) is 6.07. The Balaban J connectivity index is 1.23. The van der Waals surface area contributed by atoms with Crippen molar-refractivity contribution >= 4 is 35.5 Å². The molecule has 1 unspecified atom stereocenters. The number of hydrazone groups is 1. The van der Waals surface area contributed by atoms with Crippen LogP contribution in [0.25, 0.3) is 0 Å². The van der Waals surface area contributed by atoms with E-state index in [1.807, 2.05) is 48.3 Å². The number of thioether (sulfide) groups is 1. The Morgan fingerprint density at radius 2 is 1.79 bits per heavy atom. The van der Waals surface area contributed by atoms with Crippen LogP contribution < -0.4 is 5.32 Å². The first-order valence-electron chi connectivity index (χ1n) is 14.7. The van der Waals surface area contributed by atoms with E-state index in [4.69, 9.17) is 4.74 Å². The van der Waals surface area contributed by atoms with Crippen LogP contribution in [0.5, 0.6) is 0 Å². The van der Waals surface area contributed by atoms with Gasteiger partial charge in [0.1, 0.15) is 0 Å². The number of ether oxygens (including phenoxy) is 1. The van der Waals surface area contributed by atoms with Gasteiger partial charge in [-0.2, -0.15) is 16.9 Å². The molecule has 0 radical (unpaired) electrons. The van der Waals surface area contributed by atoms with Gasteiger partial charge in [-0.3, -0.25) is 14.6 Å². The van der Waals surface area contributed by atoms with Gasteiger partial charge in [-0.1, -0.05) is 57.2 Å². The molecule has 1 heterocycles. The standard InChI is InChI=1S/C32H43N3O3S/c1-2-3-4-5-6-7-18-38-31(36)22-26-10-11-27-14-15-30(23-29(27)21-26)34-32(37)28-12-8-25(9-13-28)24-33-35-16-19-39-20-17-35/h8-9,12-15,23-24,26H,2-7,10-11,16-22H2,1H3,(H,34,37)/b33-24+. The van der Waals surface area contributed by atoms with Crippen LogP contribution in [0.4, 0.5) is 5.69 Å². The molecular formula is C32H43N3O3S. The van der Waals surface area contributed by atoms with E-state index in [2.05, 4.69) is 34.5 Å². The molecule has 0 aromatic heterocycles. The molecule has 2 aromatic rings. The summed E-state index contributed by atoms with van der Waals surface area (Å²) in [5.74, 6) is 2.32. The van der Waals surface area contributed by atoms with Crippen molar-refractivity contribution in [2.24, 2.45) is 11.0 Å². The molecule has 1 aliphatic carbocycles. The number of esters is 1. The third-order valence-corrected chi connectivity index (χ3v) is 8.48. The molecule has 210 valence electrons. The van der Waals surface area contributed by atoms with Crippen LogP contribution in [0.3, 0.4) is 0 Å². The predicted molar refractivity (Wildman–Crippen MR) is 162 cm³/mol. The lowest BCUT2D eigenvalue weighted by Gasteiger charge is -2.24. The number of anilines is 1. The number of amides is 1. The topological polar surface area (TPSA) is 71.0 Å². The second kappa shape index (κ2) is 15.7. The molecule has 39 heavy (non-hydrogen) atoms. The molecule has 6 nitrogen and oxygen atoms in total. The summed E-state index contributed by atoms with van der Waals surface area (Å²) in [5, 5.41) is 9.70. The molecule has 1 N–H and O–H groups in total. The largest absolute Gasteiger partial charge is 0.466 e. The molecule has 1 fully saturated rings. The maximum Gasteiger partial charge on any atom is 0.306 e. The van der Waals surface area contributed by atoms with Crippen LogP contribution in [0, 0.1) is 5.92 Å². The van der Waals surface area contributed by atoms with Gasteiger partial charge in [0.2, 0.25) is 0 Å². The van der Waals surface area contributed by atoms with E-state index in [0.29, 0.717) is 24.5 Å². The molecule has 2 aromatic carbocycles. The van der Waals surface area contributed by atoms with Crippen molar-refractivity contribution in [3.63, 3.8) is 0 Å². The molecule has 0 saturated carbocycles. The minimum absolute atomic E-state index is 0.0788. The molecule has 7 heteroatoms. The Labute approximate surface area is 238 Å². The quantitative estimate of drug-likeness (QED) is 0.171. The molecule has 2 aliphatic rings. The average molecular weight is 550 g/mol. The lowest BCUT2D eigenvalue weighted by Crippen LogP contribution is -2.27. The van der Waals surface area contributed by atoms with E-state index in [-0.39, 0.29) is 11.9 Å². The summed E-state index contributed by atoms with van der Waals surface area (Å²) >= 11 is 1.96. The van der Waals surface area contributed by atoms with Crippen molar-refractivity contribution in [1.82, 2.24) is 5.01 Å². The zero-order valence-electron chi connectivity index (χ0n) is 23.3. The molecule has 0 bridgehead atoms. The number of benzene rings is 2. The molecule has 0 spiro atoms. The van der Waals surface area contributed by atoms with E-state index in [1.54, 1.807) is 0 Å². The highest BCUT2D eigenvalue weighted by molar-refractivity contribution is 7.99. The van der Waals surface area contributed by atoms with Crippen LogP contribution in [0.1, 0.15) is 85.3 Å². The van der Waals surface area contributed by atoms with Crippen molar-refractivity contribution in [3.05, 3.63) is 64.7 Å². The highest BCUT2D eigenvalue weighted by Crippen LogP contribution is 2.30. The number of fused-ring (bicyclic) bond motifs is 1. The van der Waals surface area contributed by atoms with Gasteiger partial charge in [0, 0.05) is 42.3 Å². The summed E-state index contributed by atoms with van der Waals surface area (Å²) in [6.07, 6.45) is 12.3. The minimum atomic E-state index is -0.128. The zero-order valence-corrected chi connectivity index (χ0v) is 24.1. The average Bonchev–Trinajstić information content (AvgIpc) is 2.96. The molecule has 1 saturated heterocycles. The number of carbonyl (C=O) groups excluding carboxylic acids is 2. The van der Waals surface area contributed by atoms with Crippen molar-refractivity contribution in [2.45, 2.75) is 71.1 Å². The smallest absolute Gasteiger partial charge is 0.306 e. The monoisotopic (exact) mass is 549 g/mol. The second-order valence-corrected chi connectivity index (χ2v) is 11.9. The number of nitrogens with one attached hydrogen (secondary N) is 1. The van der Waals surface area contributed by atoms with Crippen LogP contribution in [0.15, 0.2) is 47.6 Å². The second-order valence-electron chi connectivity index (χ2n) is 10.7. The first-order chi connectivity index (χ1) is 19.1. The number of carbonyl (C=O) groups is 2. The van der Waals surface area contributed by atoms with Gasteiger partial charge in [-0.05, 0) is 72.6 Å². The summed E-state index contributed by atoms with van der Waals surface area (Å²) < 4.78 is 5.51. The summed E-state index contributed by atoms with van der Waals surface area (Å²) in [5.41, 5.74) is 4.91. The summed E-state index contributed by atoms with van der Waals surface area (Å²) in [6, 6.07) is 13.7. The Hall–Kier alpha value is -2.80. The fraction of sp³-hybridized carbons (Fsp3) is 0.531. The number of unbranched alkanes of at least 4 members (excludes halogenated alkanes) is 5. The van der Waals surface area contributed by atoms with Crippen molar-refractivity contribution in [2.75, 3.05) is 36.5 Å². The van der Waals surface area contributed by atoms with E-state index < -0.39 is 0 Å². The number of hydrogen-bond donors (Lipinski definition) is 1. The Morgan fingerprint density at radius 1 is 1.03 bits per heavy atom. The van der Waals surface area contributed by atoms with Gasteiger partial charge in [0.05, 0.1) is 12.8 Å². The Morgan fingerprint density at radius 3 is 2.59 bits per heavy atom. The van der Waals surface area contributed by atoms with Gasteiger partial charge in [-0.15, -0.1) is 0 Å². The molecule has 1 amide bonds. The molecular weight excluding hydrogens is 506 g/mol. The van der Waals surface area contributed by atoms with Gasteiger partial charge >= 0.3 is 5.97 Å². The lowest BCUT2D eigenvalue weighted by molar-refractivity contribution is -0.145. The Kier molecular flexibility index (Phi) is 11.8. The van der Waals surface area contributed by atoms with Gasteiger partial charge < -0.3 is 10.1 Å². The van der Waals surface area contributed by atoms with Crippen LogP contribution in [0.2, 0.25) is 0 Å². The minimum Gasteiger partial charge on any atom is -0.466 e. The summed E-state index contributed by atoms with van der Waals surface area (Å²) in [4.78, 5) is 25.3. The van der Waals surface area contributed by atoms with E-state index in [1.165, 1.54) is 36.8 Å². The number of hydrogen-bond acceptors (Lipinski definition) is 6. The van der Waals surface area contributed by atoms with Crippen LogP contribution >= 0.6 is 11.8 Å². The Bertz CT molecular complexity index is 1100. The SMILES string of the molecule is CCCCCCCCOC(=O)CC1CCc2ccc(NC(=O)c3ccc(/C=N/N4CCSCC4)cc3)cc2C1. The highest BCUT2D eigenvalue weighted by atomic mass is 32.2. The first-order valence-corrected chi connectivity index (χ1v) is 15.8. The maximum atomic E-state index is 12.9. The fourth-order valence-electron chi connectivity index (χ4n) is 5.19. The van der Waals surface area contributed by atoms with E-state index in [0.717, 1.165) is 68.0 Å². The van der Waals surface area contributed by atoms with E-state index in [9.17, 15) is 9.59 Å². The number of aryl methyl sites for hydroxylation is 1. The van der Waals surface area contributed by atoms with Crippen molar-refractivity contribution in [1.29, 1.82) is 0 Å². The summed E-state index contributed by atoms with van der Waals surface area (Å²) in [7, 11) is 0. The predicted octanol–water partition coefficient (Wildman–Crippen LogP) is 6.72. The van der Waals surface area contributed by atoms with Crippen molar-refractivity contribution in [3.8, 4) is 0 Å². The molecule has 1 aliphatic heterocycles. The van der Waals surface area contributed by atoms with Gasteiger partial charge in [-0.25, -0.2) is 0 Å². The van der Waals surface area contributed by atoms with Crippen LogP contribution in [-0.2, 0) is 22.4 Å². The first kappa shape index (κ1) is 29.2. The molecule has 1 atom stereocenters. The third kappa shape index (κ3) is 9.71. The third-order valence-electron chi connectivity index (χ3n) is 7.54. The summed E-state index contributed by atoms with van der Waals surface area (Å²) in [6.45, 7) is 4.71. The lowest BCUT2D eigenvalue weighted by atomic mass is 9.82. The van der Waals surface area contributed by atoms with Gasteiger partial charge in [0.25, 0.3) is 5.91 Å².